The number of unbranched alkanes of at least 4 members (excludes halogenated alkanes) is 3. The molecule has 0 spiro atoms. The predicted octanol–water partition coefficient (Wildman–Crippen LogP) is 4.76. The van der Waals surface area contributed by atoms with Gasteiger partial charge < -0.3 is 0 Å². The maximum absolute atomic E-state index is 5.20. The van der Waals surface area contributed by atoms with Crippen LogP contribution in [0.15, 0.2) is 0 Å². The number of hydrogen-bond acceptors (Lipinski definition) is 1. The summed E-state index contributed by atoms with van der Waals surface area (Å²) in [4.78, 5) is 0. The van der Waals surface area contributed by atoms with E-state index in [1.165, 1.54) is 32.1 Å². The molecule has 0 atom stereocenters. The maximum atomic E-state index is 5.20. The van der Waals surface area contributed by atoms with Gasteiger partial charge in [-0.05, 0) is 0 Å². The molecule has 92 valence electrons. The van der Waals surface area contributed by atoms with Crippen molar-refractivity contribution >= 4 is 31.6 Å². The molecule has 0 heterocycles. The van der Waals surface area contributed by atoms with Crippen LogP contribution in [0.4, 0.5) is 0 Å². The van der Waals surface area contributed by atoms with Crippen molar-refractivity contribution in [3.8, 4) is 0 Å². The van der Waals surface area contributed by atoms with Gasteiger partial charge in [0, 0.05) is 0 Å². The summed E-state index contributed by atoms with van der Waals surface area (Å²) in [5.74, 6) is 0. The first-order valence-electron chi connectivity index (χ1n) is 6.58. The van der Waals surface area contributed by atoms with E-state index in [1.807, 2.05) is 0 Å². The number of halogens is 1. The molecule has 0 saturated heterocycles. The van der Waals surface area contributed by atoms with Gasteiger partial charge in [0.05, 0.1) is 0 Å². The van der Waals surface area contributed by atoms with Gasteiger partial charge in [-0.3, -0.25) is 0 Å². The van der Waals surface area contributed by atoms with Gasteiger partial charge >= 0.3 is 108 Å². The van der Waals surface area contributed by atoms with Gasteiger partial charge in [-0.15, -0.1) is 0 Å². The van der Waals surface area contributed by atoms with Gasteiger partial charge in [-0.2, -0.15) is 0 Å². The van der Waals surface area contributed by atoms with E-state index in [2.05, 4.69) is 18.1 Å². The molecule has 0 aromatic rings. The quantitative estimate of drug-likeness (QED) is 0.389. The van der Waals surface area contributed by atoms with Gasteiger partial charge in [0.1, 0.15) is 0 Å². The van der Waals surface area contributed by atoms with Crippen LogP contribution in [0.5, 0.6) is 0 Å². The fourth-order valence-corrected chi connectivity index (χ4v) is 12.7. The first-order chi connectivity index (χ1) is 7.35. The fraction of sp³-hybridized carbons (Fsp3) is 1.00. The van der Waals surface area contributed by atoms with Crippen molar-refractivity contribution in [1.82, 2.24) is 0 Å². The third kappa shape index (κ3) is 11.3. The van der Waals surface area contributed by atoms with Gasteiger partial charge in [0.15, 0.2) is 0 Å². The second-order valence-corrected chi connectivity index (χ2v) is 14.6. The zero-order valence-electron chi connectivity index (χ0n) is 10.4. The van der Waals surface area contributed by atoms with E-state index in [4.69, 9.17) is 11.9 Å². The molecule has 0 amide bonds. The van der Waals surface area contributed by atoms with Crippen LogP contribution >= 0.6 is 11.9 Å². The SMILES string of the molecule is CCC[CH2][SnH]([CH2]CCC)[CH2]CCCOCl. The van der Waals surface area contributed by atoms with E-state index >= 15 is 0 Å². The van der Waals surface area contributed by atoms with E-state index in [0.29, 0.717) is 0 Å². The fourth-order valence-electron chi connectivity index (χ4n) is 2.01. The molecule has 0 radical (unpaired) electrons. The molecular weight excluding hydrogens is 314 g/mol. The van der Waals surface area contributed by atoms with Gasteiger partial charge in [-0.25, -0.2) is 0 Å². The topological polar surface area (TPSA) is 9.23 Å². The summed E-state index contributed by atoms with van der Waals surface area (Å²) in [7, 11) is 0. The average Bonchev–Trinajstić information content (AvgIpc) is 2.27. The summed E-state index contributed by atoms with van der Waals surface area (Å²) >= 11 is 4.10. The molecule has 1 nitrogen and oxygen atoms in total. The summed E-state index contributed by atoms with van der Waals surface area (Å²) < 4.78 is 9.40. The Labute approximate surface area is 108 Å². The Bertz CT molecular complexity index is 114. The predicted molar refractivity (Wildman–Crippen MR) is 72.4 cm³/mol. The van der Waals surface area contributed by atoms with Gasteiger partial charge in [0.2, 0.25) is 0 Å². The Morgan fingerprint density at radius 2 is 1.40 bits per heavy atom. The molecule has 3 heteroatoms. The summed E-state index contributed by atoms with van der Waals surface area (Å²) in [6, 6.07) is 0. The van der Waals surface area contributed by atoms with Crippen LogP contribution in [0.2, 0.25) is 13.3 Å². The van der Waals surface area contributed by atoms with E-state index in [-0.39, 0.29) is 0 Å². The molecular formula is C12H27ClOSn. The third-order valence-electron chi connectivity index (χ3n) is 3.02. The van der Waals surface area contributed by atoms with Crippen molar-refractivity contribution in [3.63, 3.8) is 0 Å². The molecule has 0 bridgehead atoms. The Morgan fingerprint density at radius 3 is 1.87 bits per heavy atom. The first kappa shape index (κ1) is 16.0. The van der Waals surface area contributed by atoms with Crippen molar-refractivity contribution in [3.05, 3.63) is 0 Å². The standard InChI is InChI=1S/C4H8ClO.2C4H9.Sn.H/c1-2-3-4-6-5;2*1-3-4-2;;/h1-4H2;2*1,3-4H2,2H3;;. The van der Waals surface area contributed by atoms with Crippen LogP contribution in [0.25, 0.3) is 0 Å². The van der Waals surface area contributed by atoms with Crippen LogP contribution in [-0.4, -0.2) is 26.4 Å². The van der Waals surface area contributed by atoms with Crippen molar-refractivity contribution < 1.29 is 4.29 Å². The molecule has 0 aliphatic carbocycles. The zero-order chi connectivity index (χ0) is 11.4. The number of hydrogen-bond donors (Lipinski definition) is 0. The minimum absolute atomic E-state index is 0.738. The van der Waals surface area contributed by atoms with Crippen molar-refractivity contribution in [2.24, 2.45) is 0 Å². The summed E-state index contributed by atoms with van der Waals surface area (Å²) in [6.07, 6.45) is 8.25. The molecule has 0 N–H and O–H groups in total. The Balaban J connectivity index is 3.49. The van der Waals surface area contributed by atoms with E-state index in [0.717, 1.165) is 13.0 Å². The molecule has 0 fully saturated rings. The van der Waals surface area contributed by atoms with Crippen LogP contribution in [0, 0.1) is 0 Å². The van der Waals surface area contributed by atoms with Crippen LogP contribution < -0.4 is 0 Å². The van der Waals surface area contributed by atoms with Gasteiger partial charge in [-0.1, -0.05) is 0 Å². The summed E-state index contributed by atoms with van der Waals surface area (Å²) in [5, 5.41) is 0. The van der Waals surface area contributed by atoms with Crippen LogP contribution in [-0.2, 0) is 4.29 Å². The summed E-state index contributed by atoms with van der Waals surface area (Å²) in [6.45, 7) is 5.36. The molecule has 0 aliphatic heterocycles. The summed E-state index contributed by atoms with van der Waals surface area (Å²) in [5.41, 5.74) is 0. The molecule has 0 rings (SSSR count). The van der Waals surface area contributed by atoms with Crippen LogP contribution in [0.1, 0.15) is 52.4 Å². The van der Waals surface area contributed by atoms with Crippen molar-refractivity contribution in [2.45, 2.75) is 65.7 Å². The molecule has 0 aliphatic rings. The van der Waals surface area contributed by atoms with E-state index in [1.54, 1.807) is 13.3 Å². The molecule has 15 heavy (non-hydrogen) atoms. The third-order valence-corrected chi connectivity index (χ3v) is 13.7. The Hall–Kier alpha value is 1.05. The van der Waals surface area contributed by atoms with Crippen molar-refractivity contribution in [2.75, 3.05) is 6.61 Å². The number of rotatable bonds is 11. The van der Waals surface area contributed by atoms with Crippen LogP contribution in [0.3, 0.4) is 0 Å². The second-order valence-electron chi connectivity index (χ2n) is 4.46. The first-order valence-corrected chi connectivity index (χ1v) is 13.9. The Kier molecular flexibility index (Phi) is 14.0. The van der Waals surface area contributed by atoms with E-state index < -0.39 is 19.8 Å². The molecule has 0 aromatic carbocycles. The molecule has 0 unspecified atom stereocenters. The molecule has 0 saturated carbocycles. The normalized spacial score (nSPS) is 11.2. The second kappa shape index (κ2) is 13.1. The zero-order valence-corrected chi connectivity index (χ0v) is 14.5. The Morgan fingerprint density at radius 1 is 0.867 bits per heavy atom. The minimum atomic E-state index is -1.10. The van der Waals surface area contributed by atoms with E-state index in [9.17, 15) is 0 Å². The van der Waals surface area contributed by atoms with Crippen molar-refractivity contribution in [1.29, 1.82) is 0 Å². The average molecular weight is 342 g/mol. The van der Waals surface area contributed by atoms with Gasteiger partial charge in [0.25, 0.3) is 0 Å². The molecule has 0 aromatic heterocycles. The monoisotopic (exact) mass is 342 g/mol.